The van der Waals surface area contributed by atoms with Crippen molar-refractivity contribution in [2.24, 2.45) is 0 Å². The molecule has 8 heteroatoms. The van der Waals surface area contributed by atoms with Gasteiger partial charge in [-0.1, -0.05) is 50.2 Å². The number of carbonyl (C=O) groups excluding carboxylic acids is 2. The average Bonchev–Trinajstić information content (AvgIpc) is 3.26. The van der Waals surface area contributed by atoms with Crippen LogP contribution in [-0.4, -0.2) is 30.5 Å². The zero-order valence-corrected chi connectivity index (χ0v) is 17.9. The predicted molar refractivity (Wildman–Crippen MR) is 119 cm³/mol. The molecule has 0 spiro atoms. The molecule has 7 nitrogen and oxygen atoms in total. The van der Waals surface area contributed by atoms with Crippen molar-refractivity contribution in [2.45, 2.75) is 19.8 Å². The molecule has 156 valence electrons. The van der Waals surface area contributed by atoms with E-state index in [1.54, 1.807) is 24.6 Å². The van der Waals surface area contributed by atoms with Crippen molar-refractivity contribution in [2.75, 3.05) is 19.0 Å². The third kappa shape index (κ3) is 5.36. The molecule has 2 amide bonds. The van der Waals surface area contributed by atoms with Crippen LogP contribution in [0, 0.1) is 0 Å². The SMILES string of the molecule is COc1ccccc1NCC(=O)NNC(=O)c1csc(-c2ccc(C(C)C)cc2)n1. The topological polar surface area (TPSA) is 92.4 Å². The number of hydrogen-bond acceptors (Lipinski definition) is 6. The number of aromatic nitrogens is 1. The number of para-hydroxylation sites is 2. The normalized spacial score (nSPS) is 10.5. The maximum absolute atomic E-state index is 12.3. The molecule has 3 aromatic rings. The summed E-state index contributed by atoms with van der Waals surface area (Å²) >= 11 is 1.38. The lowest BCUT2D eigenvalue weighted by Crippen LogP contribution is -2.44. The monoisotopic (exact) mass is 424 g/mol. The van der Waals surface area contributed by atoms with E-state index in [0.29, 0.717) is 17.4 Å². The van der Waals surface area contributed by atoms with E-state index in [2.05, 4.69) is 47.1 Å². The molecule has 0 unspecified atom stereocenters. The molecule has 0 fully saturated rings. The first-order valence-electron chi connectivity index (χ1n) is 9.50. The van der Waals surface area contributed by atoms with Crippen LogP contribution in [0.25, 0.3) is 10.6 Å². The maximum atomic E-state index is 12.3. The zero-order valence-electron chi connectivity index (χ0n) is 17.1. The number of hydrogen-bond donors (Lipinski definition) is 3. The van der Waals surface area contributed by atoms with E-state index in [-0.39, 0.29) is 12.2 Å². The van der Waals surface area contributed by atoms with Crippen LogP contribution in [0.2, 0.25) is 0 Å². The lowest BCUT2D eigenvalue weighted by Gasteiger charge is -2.11. The molecular formula is C22H24N4O3S. The molecule has 1 heterocycles. The first-order valence-corrected chi connectivity index (χ1v) is 10.4. The summed E-state index contributed by atoms with van der Waals surface area (Å²) in [6.45, 7) is 4.26. The van der Waals surface area contributed by atoms with Gasteiger partial charge in [-0.05, 0) is 23.6 Å². The minimum atomic E-state index is -0.470. The second-order valence-corrected chi connectivity index (χ2v) is 7.73. The van der Waals surface area contributed by atoms with Gasteiger partial charge in [-0.3, -0.25) is 20.4 Å². The molecule has 0 radical (unpaired) electrons. The number of nitrogens with zero attached hydrogens (tertiary/aromatic N) is 1. The predicted octanol–water partition coefficient (Wildman–Crippen LogP) is 3.82. The third-order valence-corrected chi connectivity index (χ3v) is 5.31. The molecule has 3 N–H and O–H groups in total. The summed E-state index contributed by atoms with van der Waals surface area (Å²) in [6.07, 6.45) is 0. The van der Waals surface area contributed by atoms with Gasteiger partial charge in [0.05, 0.1) is 19.3 Å². The Labute approximate surface area is 179 Å². The molecule has 3 rings (SSSR count). The molecule has 0 bridgehead atoms. The highest BCUT2D eigenvalue weighted by Crippen LogP contribution is 2.26. The fourth-order valence-electron chi connectivity index (χ4n) is 2.72. The van der Waals surface area contributed by atoms with Gasteiger partial charge in [0.25, 0.3) is 11.8 Å². The van der Waals surface area contributed by atoms with Crippen molar-refractivity contribution in [3.05, 3.63) is 65.2 Å². The fourth-order valence-corrected chi connectivity index (χ4v) is 3.53. The first-order chi connectivity index (χ1) is 14.5. The van der Waals surface area contributed by atoms with Gasteiger partial charge in [0.2, 0.25) is 0 Å². The highest BCUT2D eigenvalue weighted by molar-refractivity contribution is 7.13. The average molecular weight is 425 g/mol. The largest absolute Gasteiger partial charge is 0.495 e. The van der Waals surface area contributed by atoms with Crippen molar-refractivity contribution in [1.82, 2.24) is 15.8 Å². The summed E-state index contributed by atoms with van der Waals surface area (Å²) in [7, 11) is 1.56. The van der Waals surface area contributed by atoms with Gasteiger partial charge in [0, 0.05) is 10.9 Å². The molecule has 30 heavy (non-hydrogen) atoms. The van der Waals surface area contributed by atoms with Crippen molar-refractivity contribution in [3.63, 3.8) is 0 Å². The Hall–Kier alpha value is -3.39. The van der Waals surface area contributed by atoms with Gasteiger partial charge in [0.15, 0.2) is 0 Å². The Morgan fingerprint density at radius 2 is 1.80 bits per heavy atom. The van der Waals surface area contributed by atoms with Crippen LogP contribution in [0.5, 0.6) is 5.75 Å². The van der Waals surface area contributed by atoms with E-state index in [1.807, 2.05) is 24.3 Å². The summed E-state index contributed by atoms with van der Waals surface area (Å²) in [4.78, 5) is 28.7. The van der Waals surface area contributed by atoms with Crippen LogP contribution in [-0.2, 0) is 4.79 Å². The highest BCUT2D eigenvalue weighted by atomic mass is 32.1. The van der Waals surface area contributed by atoms with Crippen LogP contribution in [0.3, 0.4) is 0 Å². The first kappa shape index (κ1) is 21.3. The number of thiazole rings is 1. The van der Waals surface area contributed by atoms with Crippen LogP contribution >= 0.6 is 11.3 Å². The van der Waals surface area contributed by atoms with E-state index >= 15 is 0 Å². The second kappa shape index (κ2) is 9.89. The zero-order chi connectivity index (χ0) is 21.5. The van der Waals surface area contributed by atoms with E-state index in [4.69, 9.17) is 4.74 Å². The van der Waals surface area contributed by atoms with Gasteiger partial charge >= 0.3 is 0 Å². The van der Waals surface area contributed by atoms with Crippen molar-refractivity contribution < 1.29 is 14.3 Å². The number of methoxy groups -OCH3 is 1. The van der Waals surface area contributed by atoms with Crippen molar-refractivity contribution in [1.29, 1.82) is 0 Å². The van der Waals surface area contributed by atoms with E-state index in [0.717, 1.165) is 10.6 Å². The molecule has 0 atom stereocenters. The Kier molecular flexibility index (Phi) is 7.03. The van der Waals surface area contributed by atoms with E-state index in [9.17, 15) is 9.59 Å². The number of amides is 2. The lowest BCUT2D eigenvalue weighted by molar-refractivity contribution is -0.120. The minimum Gasteiger partial charge on any atom is -0.495 e. The minimum absolute atomic E-state index is 0.0227. The van der Waals surface area contributed by atoms with Gasteiger partial charge < -0.3 is 10.1 Å². The Morgan fingerprint density at radius 1 is 1.07 bits per heavy atom. The van der Waals surface area contributed by atoms with E-state index < -0.39 is 11.8 Å². The molecule has 0 aliphatic rings. The smallest absolute Gasteiger partial charge is 0.289 e. The summed E-state index contributed by atoms with van der Waals surface area (Å²) in [6, 6.07) is 15.4. The summed E-state index contributed by atoms with van der Waals surface area (Å²) in [5.74, 6) is 0.222. The standard InChI is InChI=1S/C22H24N4O3S/c1-14(2)15-8-10-16(11-9-15)22-24-18(13-30-22)21(28)26-25-20(27)12-23-17-6-4-5-7-19(17)29-3/h4-11,13-14,23H,12H2,1-3H3,(H,25,27)(H,26,28). The van der Waals surface area contributed by atoms with Crippen molar-refractivity contribution in [3.8, 4) is 16.3 Å². The van der Waals surface area contributed by atoms with Gasteiger partial charge in [-0.25, -0.2) is 4.98 Å². The van der Waals surface area contributed by atoms with Crippen LogP contribution in [0.1, 0.15) is 35.8 Å². The molecule has 0 saturated carbocycles. The van der Waals surface area contributed by atoms with Gasteiger partial charge in [-0.15, -0.1) is 11.3 Å². The van der Waals surface area contributed by atoms with Crippen LogP contribution in [0.4, 0.5) is 5.69 Å². The summed E-state index contributed by atoms with van der Waals surface area (Å²) in [5, 5.41) is 5.38. The summed E-state index contributed by atoms with van der Waals surface area (Å²) < 4.78 is 5.22. The number of anilines is 1. The third-order valence-electron chi connectivity index (χ3n) is 4.42. The van der Waals surface area contributed by atoms with E-state index in [1.165, 1.54) is 16.9 Å². The number of benzene rings is 2. The Bertz CT molecular complexity index is 1020. The number of carbonyl (C=O) groups is 2. The Morgan fingerprint density at radius 3 is 2.50 bits per heavy atom. The van der Waals surface area contributed by atoms with Gasteiger partial charge in [0.1, 0.15) is 16.5 Å². The molecule has 0 saturated heterocycles. The number of nitrogens with one attached hydrogen (secondary N) is 3. The van der Waals surface area contributed by atoms with Gasteiger partial charge in [-0.2, -0.15) is 0 Å². The maximum Gasteiger partial charge on any atom is 0.289 e. The van der Waals surface area contributed by atoms with Crippen molar-refractivity contribution >= 4 is 28.8 Å². The number of hydrazine groups is 1. The second-order valence-electron chi connectivity index (χ2n) is 6.87. The summed E-state index contributed by atoms with van der Waals surface area (Å²) in [5.41, 5.74) is 7.91. The van der Waals surface area contributed by atoms with Crippen LogP contribution in [0.15, 0.2) is 53.9 Å². The molecular weight excluding hydrogens is 400 g/mol. The molecule has 0 aliphatic heterocycles. The number of rotatable bonds is 7. The Balaban J connectivity index is 1.52. The molecule has 2 aromatic carbocycles. The number of ether oxygens (including phenoxy) is 1. The van der Waals surface area contributed by atoms with Crippen LogP contribution < -0.4 is 20.9 Å². The molecule has 1 aromatic heterocycles. The molecule has 0 aliphatic carbocycles. The highest BCUT2D eigenvalue weighted by Gasteiger charge is 2.13. The quantitative estimate of drug-likeness (QED) is 0.502. The lowest BCUT2D eigenvalue weighted by atomic mass is 10.0. The fraction of sp³-hybridized carbons (Fsp3) is 0.227.